The highest BCUT2D eigenvalue weighted by Gasteiger charge is 2.30. The van der Waals surface area contributed by atoms with Gasteiger partial charge in [0.1, 0.15) is 0 Å². The van der Waals surface area contributed by atoms with E-state index in [-0.39, 0.29) is 0 Å². The third-order valence-corrected chi connectivity index (χ3v) is 2.63. The van der Waals surface area contributed by atoms with Crippen LogP contribution in [0.4, 0.5) is 0 Å². The number of rotatable bonds is 0. The molecule has 0 aromatic heterocycles. The van der Waals surface area contributed by atoms with Crippen LogP contribution in [0.5, 0.6) is 0 Å². The molecule has 2 N–H and O–H groups in total. The lowest BCUT2D eigenvalue weighted by atomic mass is 10.0. The first-order valence-electron chi connectivity index (χ1n) is 3.65. The fourth-order valence-corrected chi connectivity index (χ4v) is 2.17. The van der Waals surface area contributed by atoms with Crippen LogP contribution >= 0.6 is 0 Å². The van der Waals surface area contributed by atoms with E-state index in [0.717, 1.165) is 0 Å². The van der Waals surface area contributed by atoms with Crippen LogP contribution in [0.15, 0.2) is 0 Å². The highest BCUT2D eigenvalue weighted by Crippen LogP contribution is 2.43. The second-order valence-corrected chi connectivity index (χ2v) is 3.12. The smallest absolute Gasteiger partial charge is 0.0411 e. The number of fused-ring (bicyclic) bond motifs is 2. The van der Waals surface area contributed by atoms with Gasteiger partial charge in [0.2, 0.25) is 0 Å². The van der Waals surface area contributed by atoms with Gasteiger partial charge >= 0.3 is 0 Å². The van der Waals surface area contributed by atoms with E-state index in [4.69, 9.17) is 10.5 Å². The van der Waals surface area contributed by atoms with Crippen LogP contribution in [0.25, 0.3) is 0 Å². The van der Waals surface area contributed by atoms with Crippen molar-refractivity contribution in [1.82, 2.24) is 0 Å². The van der Waals surface area contributed by atoms with E-state index >= 15 is 0 Å². The molecule has 0 spiro atoms. The SMILES string of the molecule is C1CC2CCC1C2.OO. The number of hydrogen-bond donors (Lipinski definition) is 2. The summed E-state index contributed by atoms with van der Waals surface area (Å²) < 4.78 is 0. The first-order valence-corrected chi connectivity index (χ1v) is 3.65. The van der Waals surface area contributed by atoms with Crippen LogP contribution in [0.1, 0.15) is 32.1 Å². The van der Waals surface area contributed by atoms with E-state index in [1.807, 2.05) is 0 Å². The average Bonchev–Trinajstić information content (AvgIpc) is 2.53. The van der Waals surface area contributed by atoms with Gasteiger partial charge in [-0.3, -0.25) is 10.5 Å². The Bertz CT molecular complexity index is 65.0. The monoisotopic (exact) mass is 130 g/mol. The molecule has 2 heteroatoms. The van der Waals surface area contributed by atoms with Crippen LogP contribution in [0, 0.1) is 11.8 Å². The minimum atomic E-state index is 1.17. The third-order valence-electron chi connectivity index (χ3n) is 2.63. The summed E-state index contributed by atoms with van der Waals surface area (Å²) >= 11 is 0. The normalized spacial score (nSPS) is 38.0. The third kappa shape index (κ3) is 1.43. The highest BCUT2D eigenvalue weighted by molar-refractivity contribution is 4.82. The lowest BCUT2D eigenvalue weighted by Crippen LogP contribution is -1.90. The Morgan fingerprint density at radius 1 is 0.778 bits per heavy atom. The van der Waals surface area contributed by atoms with Crippen molar-refractivity contribution < 1.29 is 10.5 Å². The van der Waals surface area contributed by atoms with E-state index in [0.29, 0.717) is 0 Å². The fraction of sp³-hybridized carbons (Fsp3) is 1.00. The minimum absolute atomic E-state index is 1.17. The Hall–Kier alpha value is -0.0800. The van der Waals surface area contributed by atoms with E-state index in [9.17, 15) is 0 Å². The van der Waals surface area contributed by atoms with Gasteiger partial charge in [-0.2, -0.15) is 0 Å². The molecular formula is C7H14O2. The standard InChI is InChI=1S/C7H12.H2O2/c1-2-7-4-3-6(1)5-7;1-2/h6-7H,1-5H2;1-2H. The van der Waals surface area contributed by atoms with Crippen LogP contribution in [-0.4, -0.2) is 10.5 Å². The van der Waals surface area contributed by atoms with E-state index in [1.54, 1.807) is 32.1 Å². The average molecular weight is 130 g/mol. The molecule has 0 amide bonds. The summed E-state index contributed by atoms with van der Waals surface area (Å²) in [6.45, 7) is 0. The molecule has 0 saturated heterocycles. The van der Waals surface area contributed by atoms with Crippen molar-refractivity contribution in [3.05, 3.63) is 0 Å². The zero-order valence-corrected chi connectivity index (χ0v) is 5.58. The first-order chi connectivity index (χ1) is 4.45. The molecule has 0 aromatic carbocycles. The van der Waals surface area contributed by atoms with Gasteiger partial charge in [-0.1, -0.05) is 25.7 Å². The lowest BCUT2D eigenvalue weighted by Gasteiger charge is -2.05. The molecule has 0 unspecified atom stereocenters. The van der Waals surface area contributed by atoms with Gasteiger partial charge in [0.05, 0.1) is 0 Å². The van der Waals surface area contributed by atoms with Gasteiger partial charge in [-0.25, -0.2) is 0 Å². The molecule has 2 aliphatic carbocycles. The van der Waals surface area contributed by atoms with E-state index < -0.39 is 0 Å². The van der Waals surface area contributed by atoms with Gasteiger partial charge in [-0.15, -0.1) is 0 Å². The first kappa shape index (κ1) is 7.03. The molecule has 2 rings (SSSR count). The van der Waals surface area contributed by atoms with Gasteiger partial charge in [0.25, 0.3) is 0 Å². The Morgan fingerprint density at radius 3 is 1.22 bits per heavy atom. The summed E-state index contributed by atoms with van der Waals surface area (Å²) in [5.74, 6) is 2.34. The maximum Gasteiger partial charge on any atom is -0.0411 e. The molecule has 0 radical (unpaired) electrons. The Labute approximate surface area is 55.4 Å². The number of hydrogen-bond acceptors (Lipinski definition) is 2. The van der Waals surface area contributed by atoms with Crippen molar-refractivity contribution >= 4 is 0 Å². The summed E-state index contributed by atoms with van der Waals surface area (Å²) in [4.78, 5) is 0. The second-order valence-electron chi connectivity index (χ2n) is 3.12. The topological polar surface area (TPSA) is 40.5 Å². The van der Waals surface area contributed by atoms with Crippen LogP contribution in [0.2, 0.25) is 0 Å². The summed E-state index contributed by atoms with van der Waals surface area (Å²) in [5.41, 5.74) is 0. The molecular weight excluding hydrogens is 116 g/mol. The van der Waals surface area contributed by atoms with Crippen molar-refractivity contribution in [2.75, 3.05) is 0 Å². The molecule has 54 valence electrons. The van der Waals surface area contributed by atoms with Gasteiger partial charge < -0.3 is 0 Å². The quantitative estimate of drug-likeness (QED) is 0.390. The summed E-state index contributed by atoms with van der Waals surface area (Å²) in [7, 11) is 0. The zero-order chi connectivity index (χ0) is 6.69. The predicted octanol–water partition coefficient (Wildman–Crippen LogP) is 2.21. The van der Waals surface area contributed by atoms with Crippen molar-refractivity contribution in [3.8, 4) is 0 Å². The molecule has 9 heavy (non-hydrogen) atoms. The maximum absolute atomic E-state index is 6.00. The molecule has 2 aliphatic rings. The van der Waals surface area contributed by atoms with Crippen LogP contribution in [-0.2, 0) is 0 Å². The molecule has 2 fully saturated rings. The fourth-order valence-electron chi connectivity index (χ4n) is 2.17. The molecule has 0 aliphatic heterocycles. The second kappa shape index (κ2) is 3.18. The van der Waals surface area contributed by atoms with Crippen LogP contribution in [0.3, 0.4) is 0 Å². The molecule has 2 saturated carbocycles. The zero-order valence-electron chi connectivity index (χ0n) is 5.58. The van der Waals surface area contributed by atoms with Crippen molar-refractivity contribution in [2.24, 2.45) is 11.8 Å². The van der Waals surface area contributed by atoms with Crippen LogP contribution < -0.4 is 0 Å². The maximum atomic E-state index is 6.00. The van der Waals surface area contributed by atoms with Gasteiger partial charge in [-0.05, 0) is 18.3 Å². The summed E-state index contributed by atoms with van der Waals surface area (Å²) in [6, 6.07) is 0. The Kier molecular flexibility index (Phi) is 2.49. The van der Waals surface area contributed by atoms with Crippen molar-refractivity contribution in [3.63, 3.8) is 0 Å². The van der Waals surface area contributed by atoms with Gasteiger partial charge in [0.15, 0.2) is 0 Å². The lowest BCUT2D eigenvalue weighted by molar-refractivity contribution is -0.176. The largest absolute Gasteiger partial charge is 0.255 e. The van der Waals surface area contributed by atoms with Gasteiger partial charge in [0, 0.05) is 0 Å². The Morgan fingerprint density at radius 2 is 1.11 bits per heavy atom. The molecule has 2 bridgehead atoms. The van der Waals surface area contributed by atoms with Crippen molar-refractivity contribution in [1.29, 1.82) is 0 Å². The molecule has 0 aromatic rings. The molecule has 0 heterocycles. The van der Waals surface area contributed by atoms with E-state index in [2.05, 4.69) is 0 Å². The summed E-state index contributed by atoms with van der Waals surface area (Å²) in [5, 5.41) is 12.0. The molecule has 2 nitrogen and oxygen atoms in total. The summed E-state index contributed by atoms with van der Waals surface area (Å²) in [6.07, 6.45) is 7.82. The minimum Gasteiger partial charge on any atom is -0.255 e. The Balaban J connectivity index is 0.000000186. The van der Waals surface area contributed by atoms with E-state index in [1.165, 1.54) is 11.8 Å². The highest BCUT2D eigenvalue weighted by atomic mass is 17.0. The predicted molar refractivity (Wildman–Crippen MR) is 35.3 cm³/mol. The molecule has 0 atom stereocenters. The van der Waals surface area contributed by atoms with Crippen molar-refractivity contribution in [2.45, 2.75) is 32.1 Å².